The third-order valence-corrected chi connectivity index (χ3v) is 5.65. The van der Waals surface area contributed by atoms with Crippen LogP contribution in [0.3, 0.4) is 0 Å². The van der Waals surface area contributed by atoms with Crippen molar-refractivity contribution in [2.45, 2.75) is 32.2 Å². The lowest BCUT2D eigenvalue weighted by atomic mass is 9.88. The molecule has 0 aliphatic carbocycles. The molecule has 3 N–H and O–H groups in total. The van der Waals surface area contributed by atoms with Gasteiger partial charge in [-0.1, -0.05) is 18.2 Å². The van der Waals surface area contributed by atoms with Gasteiger partial charge < -0.3 is 29.4 Å². The van der Waals surface area contributed by atoms with Crippen LogP contribution in [0.25, 0.3) is 0 Å². The maximum Gasteiger partial charge on any atom is 0.306 e. The number of methoxy groups -OCH3 is 2. The van der Waals surface area contributed by atoms with E-state index in [0.717, 1.165) is 5.56 Å². The summed E-state index contributed by atoms with van der Waals surface area (Å²) in [6.07, 6.45) is 0.281. The van der Waals surface area contributed by atoms with Gasteiger partial charge in [-0.15, -0.1) is 0 Å². The number of nitrogens with zero attached hydrogens (tertiary/aromatic N) is 1. The van der Waals surface area contributed by atoms with E-state index in [-0.39, 0.29) is 35.8 Å². The van der Waals surface area contributed by atoms with Crippen molar-refractivity contribution in [2.75, 3.05) is 14.2 Å². The first-order valence-corrected chi connectivity index (χ1v) is 10.4. The molecule has 8 nitrogen and oxygen atoms in total. The lowest BCUT2D eigenvalue weighted by Crippen LogP contribution is -2.29. The first-order valence-electron chi connectivity index (χ1n) is 10.4. The average molecular weight is 453 g/mol. The molecule has 0 saturated heterocycles. The molecule has 174 valence electrons. The van der Waals surface area contributed by atoms with Crippen LogP contribution in [-0.2, 0) is 22.5 Å². The van der Waals surface area contributed by atoms with Gasteiger partial charge in [0.2, 0.25) is 0 Å². The number of aromatic nitrogens is 1. The van der Waals surface area contributed by atoms with Gasteiger partial charge in [-0.3, -0.25) is 9.59 Å². The topological polar surface area (TPSA) is 118 Å². The van der Waals surface area contributed by atoms with E-state index in [4.69, 9.17) is 9.47 Å². The average Bonchev–Trinajstić information content (AvgIpc) is 2.80. The monoisotopic (exact) mass is 453 g/mol. The highest BCUT2D eigenvalue weighted by Crippen LogP contribution is 2.33. The summed E-state index contributed by atoms with van der Waals surface area (Å²) in [6, 6.07) is 12.9. The minimum absolute atomic E-state index is 0.102. The number of esters is 1. The van der Waals surface area contributed by atoms with Crippen molar-refractivity contribution < 1.29 is 29.6 Å². The fourth-order valence-corrected chi connectivity index (χ4v) is 3.81. The van der Waals surface area contributed by atoms with Gasteiger partial charge in [-0.25, -0.2) is 0 Å². The highest BCUT2D eigenvalue weighted by Gasteiger charge is 2.26. The van der Waals surface area contributed by atoms with E-state index in [1.807, 2.05) is 0 Å². The molecule has 0 radical (unpaired) electrons. The van der Waals surface area contributed by atoms with Crippen molar-refractivity contribution in [1.29, 1.82) is 0 Å². The number of aryl methyl sites for hydroxylation is 2. The summed E-state index contributed by atoms with van der Waals surface area (Å²) < 4.78 is 11.5. The quantitative estimate of drug-likeness (QED) is 0.354. The van der Waals surface area contributed by atoms with Gasteiger partial charge >= 0.3 is 5.97 Å². The van der Waals surface area contributed by atoms with E-state index in [1.165, 1.54) is 29.9 Å². The molecular formula is C25H27NO7. The van der Waals surface area contributed by atoms with E-state index in [0.29, 0.717) is 23.4 Å². The summed E-state index contributed by atoms with van der Waals surface area (Å²) in [7, 11) is 2.81. The van der Waals surface area contributed by atoms with Crippen molar-refractivity contribution >= 4 is 5.97 Å². The first kappa shape index (κ1) is 23.7. The molecule has 1 aromatic heterocycles. The molecule has 0 aliphatic rings. The predicted octanol–water partition coefficient (Wildman–Crippen LogP) is 3.22. The minimum atomic E-state index is -0.722. The standard InChI is InChI=1S/C25H27NO7/c1-15-12-22(29)24(19(14-23(30)33-3)17-5-7-18(32-2)8-6-17)25(31)26(15)11-10-16-4-9-20(27)21(28)13-16/h4-9,12-13,19,27-29H,10-11,14H2,1-3H3/t19-/m0/s1. The maximum absolute atomic E-state index is 13.5. The fourth-order valence-electron chi connectivity index (χ4n) is 3.81. The number of benzene rings is 2. The third kappa shape index (κ3) is 5.28. The Morgan fingerprint density at radius 1 is 0.970 bits per heavy atom. The van der Waals surface area contributed by atoms with Crippen molar-refractivity contribution in [3.63, 3.8) is 0 Å². The van der Waals surface area contributed by atoms with Gasteiger partial charge in [0.15, 0.2) is 11.5 Å². The number of hydrogen-bond acceptors (Lipinski definition) is 7. The van der Waals surface area contributed by atoms with Gasteiger partial charge in [0.25, 0.3) is 5.56 Å². The lowest BCUT2D eigenvalue weighted by Gasteiger charge is -2.21. The van der Waals surface area contributed by atoms with Crippen LogP contribution in [0.15, 0.2) is 53.3 Å². The number of hydrogen-bond donors (Lipinski definition) is 3. The Morgan fingerprint density at radius 2 is 1.67 bits per heavy atom. The number of aromatic hydroxyl groups is 3. The van der Waals surface area contributed by atoms with Crippen molar-refractivity contribution in [3.05, 3.63) is 81.3 Å². The molecule has 33 heavy (non-hydrogen) atoms. The number of rotatable bonds is 8. The summed E-state index contributed by atoms with van der Waals surface area (Å²) in [5.74, 6) is -1.26. The van der Waals surface area contributed by atoms with Gasteiger partial charge in [0.1, 0.15) is 11.5 Å². The van der Waals surface area contributed by atoms with Crippen LogP contribution in [-0.4, -0.2) is 40.1 Å². The lowest BCUT2D eigenvalue weighted by molar-refractivity contribution is -0.140. The molecule has 1 atom stereocenters. The molecule has 0 saturated carbocycles. The Kier molecular flexibility index (Phi) is 7.27. The summed E-state index contributed by atoms with van der Waals surface area (Å²) in [4.78, 5) is 25.7. The Hall–Kier alpha value is -3.94. The first-order chi connectivity index (χ1) is 15.7. The number of phenols is 2. The second-order valence-electron chi connectivity index (χ2n) is 7.72. The zero-order valence-electron chi connectivity index (χ0n) is 18.7. The molecule has 3 rings (SSSR count). The molecule has 0 spiro atoms. The molecule has 0 bridgehead atoms. The minimum Gasteiger partial charge on any atom is -0.507 e. The summed E-state index contributed by atoms with van der Waals surface area (Å²) in [6.45, 7) is 1.98. The summed E-state index contributed by atoms with van der Waals surface area (Å²) in [5, 5.41) is 29.9. The van der Waals surface area contributed by atoms with E-state index < -0.39 is 17.4 Å². The normalized spacial score (nSPS) is 11.7. The fraction of sp³-hybridized carbons (Fsp3) is 0.280. The largest absolute Gasteiger partial charge is 0.507 e. The highest BCUT2D eigenvalue weighted by atomic mass is 16.5. The molecular weight excluding hydrogens is 426 g/mol. The molecule has 0 amide bonds. The molecule has 3 aromatic rings. The van der Waals surface area contributed by atoms with Crippen LogP contribution in [0, 0.1) is 6.92 Å². The molecule has 0 unspecified atom stereocenters. The van der Waals surface area contributed by atoms with E-state index in [1.54, 1.807) is 44.4 Å². The smallest absolute Gasteiger partial charge is 0.306 e. The van der Waals surface area contributed by atoms with Crippen LogP contribution in [0.1, 0.15) is 34.7 Å². The predicted molar refractivity (Wildman–Crippen MR) is 122 cm³/mol. The zero-order chi connectivity index (χ0) is 24.1. The number of pyridine rings is 1. The zero-order valence-corrected chi connectivity index (χ0v) is 18.7. The van der Waals surface area contributed by atoms with Crippen molar-refractivity contribution in [3.8, 4) is 23.0 Å². The summed E-state index contributed by atoms with van der Waals surface area (Å²) >= 11 is 0. The SMILES string of the molecule is COC(=O)C[C@@H](c1ccc(OC)cc1)c1c(O)cc(C)n(CCc2ccc(O)c(O)c2)c1=O. The second kappa shape index (κ2) is 10.1. The molecule has 0 aliphatic heterocycles. The van der Waals surface area contributed by atoms with Crippen LogP contribution in [0.2, 0.25) is 0 Å². The van der Waals surface area contributed by atoms with Crippen LogP contribution >= 0.6 is 0 Å². The maximum atomic E-state index is 13.5. The highest BCUT2D eigenvalue weighted by molar-refractivity contribution is 5.71. The molecule has 2 aromatic carbocycles. The Labute approximate surface area is 191 Å². The number of carbonyl (C=O) groups is 1. The van der Waals surface area contributed by atoms with Gasteiger partial charge in [-0.05, 0) is 54.8 Å². The number of ether oxygens (including phenoxy) is 2. The van der Waals surface area contributed by atoms with Crippen molar-refractivity contribution in [2.24, 2.45) is 0 Å². The van der Waals surface area contributed by atoms with E-state index in [9.17, 15) is 24.9 Å². The van der Waals surface area contributed by atoms with Gasteiger partial charge in [0.05, 0.1) is 26.2 Å². The van der Waals surface area contributed by atoms with Gasteiger partial charge in [0, 0.05) is 18.2 Å². The van der Waals surface area contributed by atoms with E-state index >= 15 is 0 Å². The van der Waals surface area contributed by atoms with Crippen LogP contribution in [0.4, 0.5) is 0 Å². The van der Waals surface area contributed by atoms with Crippen LogP contribution < -0.4 is 10.3 Å². The van der Waals surface area contributed by atoms with Crippen LogP contribution in [0.5, 0.6) is 23.0 Å². The Bertz CT molecular complexity index is 1200. The Balaban J connectivity index is 2.03. The summed E-state index contributed by atoms with van der Waals surface area (Å²) in [5.41, 5.74) is 1.63. The number of carbonyl (C=O) groups excluding carboxylic acids is 1. The van der Waals surface area contributed by atoms with E-state index in [2.05, 4.69) is 0 Å². The third-order valence-electron chi connectivity index (χ3n) is 5.65. The molecule has 0 fully saturated rings. The number of phenolic OH excluding ortho intramolecular Hbond substituents is 2. The molecule has 1 heterocycles. The Morgan fingerprint density at radius 3 is 2.27 bits per heavy atom. The molecule has 8 heteroatoms. The van der Waals surface area contributed by atoms with Gasteiger partial charge in [-0.2, -0.15) is 0 Å². The van der Waals surface area contributed by atoms with Crippen molar-refractivity contribution in [1.82, 2.24) is 4.57 Å². The second-order valence-corrected chi connectivity index (χ2v) is 7.72.